The van der Waals surface area contributed by atoms with Crippen molar-refractivity contribution in [2.45, 2.75) is 446 Å². The predicted octanol–water partition coefficient (Wildman–Crippen LogP) is 24.8. The van der Waals surface area contributed by atoms with Crippen LogP contribution in [0.2, 0.25) is 0 Å². The molecule has 102 heavy (non-hydrogen) atoms. The highest BCUT2D eigenvalue weighted by molar-refractivity contribution is 7.47. The minimum atomic E-state index is -4.96. The Morgan fingerprint density at radius 1 is 0.275 bits per heavy atom. The average molecular weight is 1490 g/mol. The van der Waals surface area contributed by atoms with Crippen molar-refractivity contribution in [2.75, 3.05) is 39.6 Å². The first-order valence-electron chi connectivity index (χ1n) is 42.7. The molecule has 19 heteroatoms. The molecule has 0 aliphatic heterocycles. The smallest absolute Gasteiger partial charge is 0.462 e. The summed E-state index contributed by atoms with van der Waals surface area (Å²) < 4.78 is 68.7. The minimum Gasteiger partial charge on any atom is -0.462 e. The average Bonchev–Trinajstić information content (AvgIpc) is 0.914. The van der Waals surface area contributed by atoms with Gasteiger partial charge in [0.15, 0.2) is 12.2 Å². The van der Waals surface area contributed by atoms with Crippen molar-refractivity contribution in [3.05, 3.63) is 0 Å². The zero-order valence-corrected chi connectivity index (χ0v) is 69.0. The summed E-state index contributed by atoms with van der Waals surface area (Å²) in [6, 6.07) is 0. The predicted molar refractivity (Wildman–Crippen MR) is 418 cm³/mol. The van der Waals surface area contributed by atoms with Crippen LogP contribution >= 0.6 is 15.6 Å². The first kappa shape index (κ1) is 100. The molecule has 0 saturated carbocycles. The van der Waals surface area contributed by atoms with Gasteiger partial charge in [0.1, 0.15) is 19.3 Å². The van der Waals surface area contributed by atoms with E-state index in [0.29, 0.717) is 31.6 Å². The van der Waals surface area contributed by atoms with Crippen LogP contribution in [0.15, 0.2) is 0 Å². The molecule has 0 aliphatic rings. The van der Waals surface area contributed by atoms with E-state index >= 15 is 0 Å². The molecule has 0 fully saturated rings. The van der Waals surface area contributed by atoms with Crippen molar-refractivity contribution in [3.8, 4) is 0 Å². The Bertz CT molecular complexity index is 1990. The van der Waals surface area contributed by atoms with Crippen LogP contribution in [-0.4, -0.2) is 96.7 Å². The van der Waals surface area contributed by atoms with Crippen molar-refractivity contribution in [2.24, 2.45) is 23.7 Å². The Morgan fingerprint density at radius 3 is 0.696 bits per heavy atom. The number of phosphoric acid groups is 2. The van der Waals surface area contributed by atoms with Gasteiger partial charge in [0.2, 0.25) is 0 Å². The monoisotopic (exact) mass is 1490 g/mol. The zero-order valence-electron chi connectivity index (χ0n) is 67.2. The third-order valence-electron chi connectivity index (χ3n) is 19.7. The molecule has 6 atom stereocenters. The number of rotatable bonds is 80. The van der Waals surface area contributed by atoms with E-state index in [1.807, 2.05) is 0 Å². The molecule has 0 saturated heterocycles. The SMILES string of the molecule is CCC(C)CCCCCCCCCCCCCCCCCCCCC(=O)O[C@H](COC(=O)CCCCCCCCCCCCC(C)C)COP(=O)(O)OCC(O)COP(=O)(O)OC[C@@H](COC(=O)CCCCCCCCC(C)C)OC(=O)CCCCCCCCCCCCCCCCCC(C)C. The number of carbonyl (C=O) groups is 4. The summed E-state index contributed by atoms with van der Waals surface area (Å²) in [5.74, 6) is 0.997. The van der Waals surface area contributed by atoms with Gasteiger partial charge in [0.05, 0.1) is 26.4 Å². The number of hydrogen-bond acceptors (Lipinski definition) is 15. The molecule has 0 spiro atoms. The first-order valence-corrected chi connectivity index (χ1v) is 45.7. The lowest BCUT2D eigenvalue weighted by atomic mass is 9.99. The van der Waals surface area contributed by atoms with Gasteiger partial charge in [-0.05, 0) is 49.4 Å². The van der Waals surface area contributed by atoms with E-state index in [2.05, 4.69) is 55.4 Å². The molecule has 606 valence electrons. The molecule has 0 amide bonds. The molecule has 3 N–H and O–H groups in total. The van der Waals surface area contributed by atoms with Gasteiger partial charge in [-0.25, -0.2) is 9.13 Å². The van der Waals surface area contributed by atoms with E-state index in [9.17, 15) is 43.2 Å². The van der Waals surface area contributed by atoms with Gasteiger partial charge in [-0.1, -0.05) is 376 Å². The second kappa shape index (κ2) is 72.0. The number of aliphatic hydroxyl groups excluding tert-OH is 1. The number of esters is 4. The summed E-state index contributed by atoms with van der Waals surface area (Å²) >= 11 is 0. The second-order valence-electron chi connectivity index (χ2n) is 31.5. The molecule has 4 unspecified atom stereocenters. The lowest BCUT2D eigenvalue weighted by Gasteiger charge is -2.21. The lowest BCUT2D eigenvalue weighted by molar-refractivity contribution is -0.161. The van der Waals surface area contributed by atoms with Crippen LogP contribution < -0.4 is 0 Å². The van der Waals surface area contributed by atoms with Gasteiger partial charge in [-0.15, -0.1) is 0 Å². The first-order chi connectivity index (χ1) is 49.1. The molecule has 0 bridgehead atoms. The highest BCUT2D eigenvalue weighted by Crippen LogP contribution is 2.45. The highest BCUT2D eigenvalue weighted by atomic mass is 31.2. The molecule has 17 nitrogen and oxygen atoms in total. The summed E-state index contributed by atoms with van der Waals surface area (Å²) in [4.78, 5) is 73.0. The fourth-order valence-corrected chi connectivity index (χ4v) is 14.3. The number of ether oxygens (including phenoxy) is 4. The topological polar surface area (TPSA) is 237 Å². The summed E-state index contributed by atoms with van der Waals surface area (Å²) in [7, 11) is -9.92. The van der Waals surface area contributed by atoms with Gasteiger partial charge in [0, 0.05) is 25.7 Å². The van der Waals surface area contributed by atoms with Gasteiger partial charge in [0.25, 0.3) is 0 Å². The van der Waals surface area contributed by atoms with Gasteiger partial charge < -0.3 is 33.8 Å². The molecule has 0 radical (unpaired) electrons. The number of unbranched alkanes of at least 4 members (excludes halogenated alkanes) is 45. The maximum absolute atomic E-state index is 13.1. The standard InChI is InChI=1S/C83H162O17P2/c1-9-76(8)62-54-46-37-31-24-20-16-12-10-11-13-17-21-25-33-39-49-57-65-82(87)99-78(69-93-80(85)63-55-47-38-32-28-27-30-36-44-52-60-74(4)5)71-97-101(89,90)95-67-77(84)68-96-102(91,92)98-72-79(70-94-81(86)64-56-48-42-41-45-53-61-75(6)7)100-83(88)66-58-50-40-34-26-22-18-14-15-19-23-29-35-43-51-59-73(2)3/h73-79,84H,9-72H2,1-8H3,(H,89,90)(H,91,92)/t76?,77?,78-,79-/m1/s1. The summed E-state index contributed by atoms with van der Waals surface area (Å²) in [6.07, 6.45) is 59.9. The van der Waals surface area contributed by atoms with Crippen molar-refractivity contribution in [1.82, 2.24) is 0 Å². The number of aliphatic hydroxyl groups is 1. The second-order valence-corrected chi connectivity index (χ2v) is 34.4. The van der Waals surface area contributed by atoms with Crippen molar-refractivity contribution < 1.29 is 80.2 Å². The summed E-state index contributed by atoms with van der Waals surface area (Å²) in [6.45, 7) is 14.3. The molecule has 0 rings (SSSR count). The molecular weight excluding hydrogens is 1330 g/mol. The Morgan fingerprint density at radius 2 is 0.471 bits per heavy atom. The zero-order chi connectivity index (χ0) is 75.3. The van der Waals surface area contributed by atoms with Gasteiger partial charge in [-0.3, -0.25) is 37.3 Å². The maximum atomic E-state index is 13.1. The molecule has 0 aromatic rings. The Labute approximate surface area is 626 Å². The number of carbonyl (C=O) groups excluding carboxylic acids is 4. The van der Waals surface area contributed by atoms with Gasteiger partial charge >= 0.3 is 39.5 Å². The quantitative estimate of drug-likeness (QED) is 0.0222. The summed E-state index contributed by atoms with van der Waals surface area (Å²) in [5, 5.41) is 10.6. The third-order valence-corrected chi connectivity index (χ3v) is 21.6. The van der Waals surface area contributed by atoms with E-state index in [1.54, 1.807) is 0 Å². The van der Waals surface area contributed by atoms with Crippen molar-refractivity contribution in [1.29, 1.82) is 0 Å². The fraction of sp³-hybridized carbons (Fsp3) is 0.952. The van der Waals surface area contributed by atoms with Crippen LogP contribution in [0, 0.1) is 23.7 Å². The van der Waals surface area contributed by atoms with E-state index in [0.717, 1.165) is 114 Å². The van der Waals surface area contributed by atoms with Crippen molar-refractivity contribution in [3.63, 3.8) is 0 Å². The van der Waals surface area contributed by atoms with Crippen LogP contribution in [0.1, 0.15) is 428 Å². The van der Waals surface area contributed by atoms with E-state index in [4.69, 9.17) is 37.0 Å². The molecular formula is C83H162O17P2. The molecule has 0 aromatic carbocycles. The van der Waals surface area contributed by atoms with Crippen LogP contribution in [0.4, 0.5) is 0 Å². The summed E-state index contributed by atoms with van der Waals surface area (Å²) in [5.41, 5.74) is 0. The van der Waals surface area contributed by atoms with Crippen LogP contribution in [0.5, 0.6) is 0 Å². The Balaban J connectivity index is 5.18. The Kier molecular flexibility index (Phi) is 70.6. The fourth-order valence-electron chi connectivity index (χ4n) is 12.8. The number of phosphoric ester groups is 2. The molecule has 0 aliphatic carbocycles. The lowest BCUT2D eigenvalue weighted by Crippen LogP contribution is -2.30. The number of hydrogen-bond donors (Lipinski definition) is 3. The van der Waals surface area contributed by atoms with Gasteiger partial charge in [-0.2, -0.15) is 0 Å². The molecule has 0 heterocycles. The molecule has 0 aromatic heterocycles. The van der Waals surface area contributed by atoms with Crippen LogP contribution in [0.3, 0.4) is 0 Å². The third kappa shape index (κ3) is 74.9. The highest BCUT2D eigenvalue weighted by Gasteiger charge is 2.30. The van der Waals surface area contributed by atoms with Crippen LogP contribution in [-0.2, 0) is 65.4 Å². The van der Waals surface area contributed by atoms with Crippen LogP contribution in [0.25, 0.3) is 0 Å². The minimum absolute atomic E-state index is 0.106. The van der Waals surface area contributed by atoms with E-state index in [-0.39, 0.29) is 25.7 Å². The van der Waals surface area contributed by atoms with Crippen molar-refractivity contribution >= 4 is 39.5 Å². The maximum Gasteiger partial charge on any atom is 0.472 e. The largest absolute Gasteiger partial charge is 0.472 e. The van der Waals surface area contributed by atoms with E-state index in [1.165, 1.54) is 225 Å². The normalized spacial score (nSPS) is 14.3. The van der Waals surface area contributed by atoms with E-state index < -0.39 is 97.5 Å². The Hall–Kier alpha value is -1.94.